The molecule has 1 N–H and O–H groups in total. The van der Waals surface area contributed by atoms with E-state index >= 15 is 0 Å². The van der Waals surface area contributed by atoms with Gasteiger partial charge in [0.25, 0.3) is 5.91 Å². The van der Waals surface area contributed by atoms with Gasteiger partial charge in [-0.25, -0.2) is 0 Å². The Labute approximate surface area is 138 Å². The van der Waals surface area contributed by atoms with Gasteiger partial charge in [0.1, 0.15) is 0 Å². The molecule has 0 heterocycles. The maximum absolute atomic E-state index is 12.1. The highest BCUT2D eigenvalue weighted by Gasteiger charge is 2.13. The van der Waals surface area contributed by atoms with Crippen molar-refractivity contribution in [1.29, 1.82) is 0 Å². The lowest BCUT2D eigenvalue weighted by Gasteiger charge is -2.16. The third-order valence-corrected chi connectivity index (χ3v) is 4.33. The number of rotatable bonds is 7. The number of nitrogens with one attached hydrogen (secondary N) is 1. The van der Waals surface area contributed by atoms with Crippen molar-refractivity contribution in [2.24, 2.45) is 5.92 Å². The highest BCUT2D eigenvalue weighted by atomic mass is 127. The fraction of sp³-hybridized carbons (Fsp3) is 0.500. The van der Waals surface area contributed by atoms with Crippen LogP contribution in [0.4, 0.5) is 0 Å². The second-order valence-electron chi connectivity index (χ2n) is 4.47. The number of amides is 1. The molecule has 1 amide bonds. The molecule has 0 bridgehead atoms. The van der Waals surface area contributed by atoms with E-state index in [9.17, 15) is 4.79 Å². The number of carbonyl (C=O) groups excluding carboxylic acids is 1. The highest BCUT2D eigenvalue weighted by Crippen LogP contribution is 2.18. The Morgan fingerprint density at radius 3 is 2.79 bits per heavy atom. The van der Waals surface area contributed by atoms with Crippen molar-refractivity contribution in [3.8, 4) is 0 Å². The minimum Gasteiger partial charge on any atom is -0.352 e. The third-order valence-electron chi connectivity index (χ3n) is 2.94. The Balaban J connectivity index is 2.61. The van der Waals surface area contributed by atoms with E-state index in [1.54, 1.807) is 12.1 Å². The van der Waals surface area contributed by atoms with E-state index in [1.807, 2.05) is 6.07 Å². The molecule has 0 spiro atoms. The van der Waals surface area contributed by atoms with Crippen LogP contribution in [0.2, 0.25) is 5.02 Å². The van der Waals surface area contributed by atoms with Crippen LogP contribution in [-0.4, -0.2) is 18.3 Å². The molecule has 2 nitrogen and oxygen atoms in total. The van der Waals surface area contributed by atoms with Gasteiger partial charge >= 0.3 is 0 Å². The molecule has 0 radical (unpaired) electrons. The number of alkyl halides is 1. The minimum absolute atomic E-state index is 0.0671. The Kier molecular flexibility index (Phi) is 8.11. The SMILES string of the molecule is CCCC(CCCl)CNC(=O)c1cc(Cl)ccc1I. The standard InChI is InChI=1S/C14H18Cl2INO/c1-2-3-10(6-7-15)9-18-14(19)12-8-11(16)4-5-13(12)17/h4-5,8,10H,2-3,6-7,9H2,1H3,(H,18,19). The van der Waals surface area contributed by atoms with Crippen LogP contribution < -0.4 is 5.32 Å². The van der Waals surface area contributed by atoms with Crippen LogP contribution in [0.5, 0.6) is 0 Å². The topological polar surface area (TPSA) is 29.1 Å². The number of hydrogen-bond donors (Lipinski definition) is 1. The van der Waals surface area contributed by atoms with Gasteiger partial charge in [-0.1, -0.05) is 24.9 Å². The predicted molar refractivity (Wildman–Crippen MR) is 90.2 cm³/mol. The van der Waals surface area contributed by atoms with E-state index in [1.165, 1.54) is 0 Å². The molecular formula is C14H18Cl2INO. The molecule has 1 aromatic rings. The van der Waals surface area contributed by atoms with Crippen LogP contribution in [0.15, 0.2) is 18.2 Å². The number of halogens is 3. The van der Waals surface area contributed by atoms with Gasteiger partial charge in [0.05, 0.1) is 5.56 Å². The lowest BCUT2D eigenvalue weighted by Crippen LogP contribution is -2.30. The van der Waals surface area contributed by atoms with Gasteiger partial charge in [0.2, 0.25) is 0 Å². The first-order chi connectivity index (χ1) is 9.08. The van der Waals surface area contributed by atoms with E-state index in [4.69, 9.17) is 23.2 Å². The number of carbonyl (C=O) groups is 1. The summed E-state index contributed by atoms with van der Waals surface area (Å²) < 4.78 is 0.906. The zero-order chi connectivity index (χ0) is 14.3. The molecule has 106 valence electrons. The van der Waals surface area contributed by atoms with Gasteiger partial charge in [-0.3, -0.25) is 4.79 Å². The first-order valence-electron chi connectivity index (χ1n) is 6.37. The minimum atomic E-state index is -0.0671. The maximum Gasteiger partial charge on any atom is 0.252 e. The molecular weight excluding hydrogens is 396 g/mol. The van der Waals surface area contributed by atoms with Crippen LogP contribution in [0.1, 0.15) is 36.5 Å². The van der Waals surface area contributed by atoms with E-state index < -0.39 is 0 Å². The van der Waals surface area contributed by atoms with Gasteiger partial charge < -0.3 is 5.32 Å². The Morgan fingerprint density at radius 2 is 2.16 bits per heavy atom. The molecule has 0 saturated heterocycles. The fourth-order valence-corrected chi connectivity index (χ4v) is 2.98. The molecule has 0 aliphatic heterocycles. The molecule has 1 rings (SSSR count). The van der Waals surface area contributed by atoms with Crippen molar-refractivity contribution in [2.45, 2.75) is 26.2 Å². The summed E-state index contributed by atoms with van der Waals surface area (Å²) >= 11 is 13.8. The number of benzene rings is 1. The van der Waals surface area contributed by atoms with E-state index in [0.29, 0.717) is 28.9 Å². The first kappa shape index (κ1) is 17.1. The summed E-state index contributed by atoms with van der Waals surface area (Å²) in [7, 11) is 0. The first-order valence-corrected chi connectivity index (χ1v) is 8.36. The van der Waals surface area contributed by atoms with Crippen LogP contribution in [0, 0.1) is 9.49 Å². The van der Waals surface area contributed by atoms with Gasteiger partial charge in [-0.2, -0.15) is 0 Å². The molecule has 0 aliphatic rings. The quantitative estimate of drug-likeness (QED) is 0.508. The Hall–Kier alpha value is -0.000000000000000111. The lowest BCUT2D eigenvalue weighted by atomic mass is 10.0. The van der Waals surface area contributed by atoms with E-state index in [-0.39, 0.29) is 5.91 Å². The van der Waals surface area contributed by atoms with Crippen molar-refractivity contribution in [1.82, 2.24) is 5.32 Å². The molecule has 0 saturated carbocycles. The monoisotopic (exact) mass is 413 g/mol. The summed E-state index contributed by atoms with van der Waals surface area (Å²) in [5.74, 6) is 1.01. The van der Waals surface area contributed by atoms with Crippen LogP contribution in [0.3, 0.4) is 0 Å². The van der Waals surface area contributed by atoms with Gasteiger partial charge in [0, 0.05) is 21.0 Å². The Morgan fingerprint density at radius 1 is 1.42 bits per heavy atom. The molecule has 5 heteroatoms. The molecule has 1 unspecified atom stereocenters. The molecule has 0 aliphatic carbocycles. The van der Waals surface area contributed by atoms with Crippen LogP contribution in [0.25, 0.3) is 0 Å². The summed E-state index contributed by atoms with van der Waals surface area (Å²) in [4.78, 5) is 12.1. The molecule has 1 atom stereocenters. The van der Waals surface area contributed by atoms with E-state index in [2.05, 4.69) is 34.8 Å². The van der Waals surface area contributed by atoms with Crippen molar-refractivity contribution >= 4 is 51.7 Å². The van der Waals surface area contributed by atoms with Gasteiger partial charge in [-0.15, -0.1) is 11.6 Å². The summed E-state index contributed by atoms with van der Waals surface area (Å²) in [6.45, 7) is 2.81. The molecule has 0 fully saturated rings. The molecule has 1 aromatic carbocycles. The second kappa shape index (κ2) is 9.03. The largest absolute Gasteiger partial charge is 0.352 e. The normalized spacial score (nSPS) is 12.2. The van der Waals surface area contributed by atoms with Crippen LogP contribution >= 0.6 is 45.8 Å². The second-order valence-corrected chi connectivity index (χ2v) is 6.44. The Bertz CT molecular complexity index is 420. The summed E-state index contributed by atoms with van der Waals surface area (Å²) in [5, 5.41) is 3.56. The zero-order valence-corrected chi connectivity index (χ0v) is 14.6. The molecule has 19 heavy (non-hydrogen) atoms. The van der Waals surface area contributed by atoms with Crippen molar-refractivity contribution in [3.05, 3.63) is 32.4 Å². The van der Waals surface area contributed by atoms with Crippen LogP contribution in [-0.2, 0) is 0 Å². The molecule has 0 aromatic heterocycles. The maximum atomic E-state index is 12.1. The lowest BCUT2D eigenvalue weighted by molar-refractivity contribution is 0.0945. The average molecular weight is 414 g/mol. The number of hydrogen-bond acceptors (Lipinski definition) is 1. The fourth-order valence-electron chi connectivity index (χ4n) is 1.91. The van der Waals surface area contributed by atoms with E-state index in [0.717, 1.165) is 22.8 Å². The zero-order valence-electron chi connectivity index (χ0n) is 10.9. The predicted octanol–water partition coefficient (Wildman–Crippen LogP) is 4.72. The summed E-state index contributed by atoms with van der Waals surface area (Å²) in [5.41, 5.74) is 0.634. The average Bonchev–Trinajstić information content (AvgIpc) is 2.39. The van der Waals surface area contributed by atoms with Crippen molar-refractivity contribution in [2.75, 3.05) is 12.4 Å². The van der Waals surface area contributed by atoms with Gasteiger partial charge in [-0.05, 0) is 59.5 Å². The highest BCUT2D eigenvalue weighted by molar-refractivity contribution is 14.1. The van der Waals surface area contributed by atoms with Crippen molar-refractivity contribution < 1.29 is 4.79 Å². The van der Waals surface area contributed by atoms with Gasteiger partial charge in [0.15, 0.2) is 0 Å². The summed E-state index contributed by atoms with van der Waals surface area (Å²) in [6, 6.07) is 5.34. The third kappa shape index (κ3) is 5.88. The van der Waals surface area contributed by atoms with Crippen molar-refractivity contribution in [3.63, 3.8) is 0 Å². The summed E-state index contributed by atoms with van der Waals surface area (Å²) in [6.07, 6.45) is 3.12. The smallest absolute Gasteiger partial charge is 0.252 e.